The number of anilines is 1. The standard InChI is InChI=1S/C26H30BrN5O3/c1-34-23-5-3-2-4-22(23)31-14-16-32(17-15-31)26(33)20-10-12-30(13-11-20)18-24-28-25(29-35-24)19-6-8-21(27)9-7-19/h2-9,20H,10-18H2,1H3. The third-order valence-corrected chi connectivity index (χ3v) is 7.41. The normalized spacial score (nSPS) is 17.5. The third-order valence-electron chi connectivity index (χ3n) is 6.88. The van der Waals surface area contributed by atoms with Crippen molar-refractivity contribution in [3.8, 4) is 17.1 Å². The second kappa shape index (κ2) is 10.8. The Bertz CT molecular complexity index is 1140. The molecule has 3 heterocycles. The molecule has 9 heteroatoms. The van der Waals surface area contributed by atoms with Crippen molar-refractivity contribution in [2.45, 2.75) is 19.4 Å². The molecule has 0 radical (unpaired) electrons. The van der Waals surface area contributed by atoms with Crippen LogP contribution in [-0.2, 0) is 11.3 Å². The summed E-state index contributed by atoms with van der Waals surface area (Å²) in [4.78, 5) is 24.4. The fourth-order valence-corrected chi connectivity index (χ4v) is 5.15. The topological polar surface area (TPSA) is 74.9 Å². The highest BCUT2D eigenvalue weighted by Crippen LogP contribution is 2.29. The number of carbonyl (C=O) groups is 1. The molecule has 2 aromatic carbocycles. The van der Waals surface area contributed by atoms with Crippen LogP contribution in [0.1, 0.15) is 18.7 Å². The van der Waals surface area contributed by atoms with Crippen molar-refractivity contribution in [2.24, 2.45) is 5.92 Å². The monoisotopic (exact) mass is 539 g/mol. The van der Waals surface area contributed by atoms with E-state index in [4.69, 9.17) is 9.26 Å². The summed E-state index contributed by atoms with van der Waals surface area (Å²) >= 11 is 3.44. The van der Waals surface area contributed by atoms with Gasteiger partial charge in [0.15, 0.2) is 0 Å². The highest BCUT2D eigenvalue weighted by Gasteiger charge is 2.31. The molecule has 184 valence electrons. The number of likely N-dealkylation sites (tertiary alicyclic amines) is 1. The minimum atomic E-state index is 0.0880. The van der Waals surface area contributed by atoms with Crippen LogP contribution >= 0.6 is 15.9 Å². The largest absolute Gasteiger partial charge is 0.495 e. The number of piperazine rings is 1. The number of halogens is 1. The second-order valence-electron chi connectivity index (χ2n) is 9.05. The summed E-state index contributed by atoms with van der Waals surface area (Å²) in [5.74, 6) is 2.47. The molecule has 2 saturated heterocycles. The van der Waals surface area contributed by atoms with Gasteiger partial charge in [0.2, 0.25) is 17.6 Å². The van der Waals surface area contributed by atoms with Crippen molar-refractivity contribution in [1.82, 2.24) is 19.9 Å². The molecular weight excluding hydrogens is 510 g/mol. The van der Waals surface area contributed by atoms with Gasteiger partial charge in [-0.15, -0.1) is 0 Å². The minimum Gasteiger partial charge on any atom is -0.495 e. The molecule has 0 saturated carbocycles. The molecule has 35 heavy (non-hydrogen) atoms. The van der Waals surface area contributed by atoms with Crippen molar-refractivity contribution < 1.29 is 14.1 Å². The van der Waals surface area contributed by atoms with Gasteiger partial charge in [0, 0.05) is 42.1 Å². The number of aromatic nitrogens is 2. The van der Waals surface area contributed by atoms with Crippen molar-refractivity contribution >= 4 is 27.5 Å². The first-order chi connectivity index (χ1) is 17.1. The highest BCUT2D eigenvalue weighted by atomic mass is 79.9. The number of nitrogens with zero attached hydrogens (tertiary/aromatic N) is 5. The molecule has 5 rings (SSSR count). The van der Waals surface area contributed by atoms with E-state index in [1.165, 1.54) is 0 Å². The van der Waals surface area contributed by atoms with Gasteiger partial charge in [-0.1, -0.05) is 33.2 Å². The number of rotatable bonds is 6. The van der Waals surface area contributed by atoms with Gasteiger partial charge in [-0.2, -0.15) is 4.98 Å². The zero-order valence-corrected chi connectivity index (χ0v) is 21.5. The Kier molecular flexibility index (Phi) is 7.34. The zero-order valence-electron chi connectivity index (χ0n) is 19.9. The maximum atomic E-state index is 13.2. The van der Waals surface area contributed by atoms with E-state index in [0.29, 0.717) is 24.2 Å². The van der Waals surface area contributed by atoms with E-state index in [1.54, 1.807) is 7.11 Å². The van der Waals surface area contributed by atoms with Crippen LogP contribution in [0.15, 0.2) is 57.5 Å². The van der Waals surface area contributed by atoms with Crippen molar-refractivity contribution in [3.63, 3.8) is 0 Å². The van der Waals surface area contributed by atoms with E-state index >= 15 is 0 Å². The Morgan fingerprint density at radius 3 is 2.46 bits per heavy atom. The maximum absolute atomic E-state index is 13.2. The molecule has 0 spiro atoms. The fraction of sp³-hybridized carbons (Fsp3) is 0.423. The molecule has 2 aliphatic heterocycles. The summed E-state index contributed by atoms with van der Waals surface area (Å²) in [5, 5.41) is 4.12. The lowest BCUT2D eigenvalue weighted by atomic mass is 9.95. The molecular formula is C26H30BrN5O3. The average molecular weight is 540 g/mol. The Morgan fingerprint density at radius 1 is 1.03 bits per heavy atom. The number of benzene rings is 2. The van der Waals surface area contributed by atoms with Crippen molar-refractivity contribution in [1.29, 1.82) is 0 Å². The van der Waals surface area contributed by atoms with Crippen LogP contribution in [0.4, 0.5) is 5.69 Å². The molecule has 0 unspecified atom stereocenters. The van der Waals surface area contributed by atoms with Crippen molar-refractivity contribution in [2.75, 3.05) is 51.3 Å². The molecule has 1 aromatic heterocycles. The summed E-state index contributed by atoms with van der Waals surface area (Å²) in [6.45, 7) is 5.46. The Morgan fingerprint density at radius 2 is 1.74 bits per heavy atom. The SMILES string of the molecule is COc1ccccc1N1CCN(C(=O)C2CCN(Cc3nc(-c4ccc(Br)cc4)no3)CC2)CC1. The number of piperidine rings is 1. The van der Waals surface area contributed by atoms with Gasteiger partial charge in [-0.05, 0) is 62.3 Å². The lowest BCUT2D eigenvalue weighted by Crippen LogP contribution is -2.51. The number of para-hydroxylation sites is 2. The highest BCUT2D eigenvalue weighted by molar-refractivity contribution is 9.10. The van der Waals surface area contributed by atoms with E-state index in [2.05, 4.69) is 41.9 Å². The number of carbonyl (C=O) groups excluding carboxylic acids is 1. The fourth-order valence-electron chi connectivity index (χ4n) is 4.88. The molecule has 3 aromatic rings. The summed E-state index contributed by atoms with van der Waals surface area (Å²) in [6.07, 6.45) is 1.72. The lowest BCUT2D eigenvalue weighted by molar-refractivity contribution is -0.137. The van der Waals surface area contributed by atoms with Gasteiger partial charge < -0.3 is 19.1 Å². The first-order valence-electron chi connectivity index (χ1n) is 12.1. The van der Waals surface area contributed by atoms with E-state index in [9.17, 15) is 4.79 Å². The maximum Gasteiger partial charge on any atom is 0.241 e. The number of hydrogen-bond donors (Lipinski definition) is 0. The summed E-state index contributed by atoms with van der Waals surface area (Å²) in [5.41, 5.74) is 2.03. The molecule has 1 amide bonds. The summed E-state index contributed by atoms with van der Waals surface area (Å²) in [7, 11) is 1.70. The Balaban J connectivity index is 1.09. The third kappa shape index (κ3) is 5.51. The van der Waals surface area contributed by atoms with Crippen LogP contribution in [-0.4, -0.2) is 72.2 Å². The Hall–Kier alpha value is -2.91. The van der Waals surface area contributed by atoms with E-state index < -0.39 is 0 Å². The van der Waals surface area contributed by atoms with Gasteiger partial charge in [-0.3, -0.25) is 9.69 Å². The van der Waals surface area contributed by atoms with E-state index in [1.807, 2.05) is 47.4 Å². The van der Waals surface area contributed by atoms with E-state index in [0.717, 1.165) is 73.6 Å². The number of ether oxygens (including phenoxy) is 1. The first-order valence-corrected chi connectivity index (χ1v) is 12.9. The molecule has 8 nitrogen and oxygen atoms in total. The number of methoxy groups -OCH3 is 1. The lowest BCUT2D eigenvalue weighted by Gasteiger charge is -2.39. The number of hydrogen-bond acceptors (Lipinski definition) is 7. The van der Waals surface area contributed by atoms with Gasteiger partial charge in [0.1, 0.15) is 5.75 Å². The molecule has 0 N–H and O–H groups in total. The Labute approximate surface area is 214 Å². The van der Waals surface area contributed by atoms with Gasteiger partial charge in [0.25, 0.3) is 0 Å². The quantitative estimate of drug-likeness (QED) is 0.467. The van der Waals surface area contributed by atoms with Crippen LogP contribution in [0.5, 0.6) is 5.75 Å². The van der Waals surface area contributed by atoms with Crippen LogP contribution in [0.3, 0.4) is 0 Å². The van der Waals surface area contributed by atoms with Crippen LogP contribution in [0, 0.1) is 5.92 Å². The summed E-state index contributed by atoms with van der Waals surface area (Å²) < 4.78 is 12.0. The molecule has 0 bridgehead atoms. The van der Waals surface area contributed by atoms with Gasteiger partial charge in [-0.25, -0.2) is 0 Å². The summed E-state index contributed by atoms with van der Waals surface area (Å²) in [6, 6.07) is 15.9. The number of amides is 1. The van der Waals surface area contributed by atoms with Gasteiger partial charge in [0.05, 0.1) is 19.3 Å². The predicted molar refractivity (Wildman–Crippen MR) is 137 cm³/mol. The average Bonchev–Trinajstić information content (AvgIpc) is 3.37. The zero-order chi connectivity index (χ0) is 24.2. The minimum absolute atomic E-state index is 0.0880. The predicted octanol–water partition coefficient (Wildman–Crippen LogP) is 4.07. The van der Waals surface area contributed by atoms with E-state index in [-0.39, 0.29) is 5.92 Å². The smallest absolute Gasteiger partial charge is 0.241 e. The molecule has 0 aliphatic carbocycles. The molecule has 0 atom stereocenters. The van der Waals surface area contributed by atoms with Crippen LogP contribution < -0.4 is 9.64 Å². The van der Waals surface area contributed by atoms with Crippen LogP contribution in [0.25, 0.3) is 11.4 Å². The van der Waals surface area contributed by atoms with Crippen molar-refractivity contribution in [3.05, 3.63) is 58.9 Å². The first kappa shape index (κ1) is 23.8. The van der Waals surface area contributed by atoms with Gasteiger partial charge >= 0.3 is 0 Å². The molecule has 2 aliphatic rings. The molecule has 2 fully saturated rings. The van der Waals surface area contributed by atoms with Crippen LogP contribution in [0.2, 0.25) is 0 Å². The second-order valence-corrected chi connectivity index (χ2v) is 9.97.